The van der Waals surface area contributed by atoms with Crippen molar-refractivity contribution in [2.75, 3.05) is 29.3 Å². The lowest BCUT2D eigenvalue weighted by molar-refractivity contribution is -0.114. The van der Waals surface area contributed by atoms with Gasteiger partial charge in [-0.05, 0) is 86.6 Å². The van der Waals surface area contributed by atoms with Crippen LogP contribution in [0.4, 0.5) is 17.1 Å². The average molecular weight is 562 g/mol. The second-order valence-corrected chi connectivity index (χ2v) is 11.3. The molecule has 5 rings (SSSR count). The summed E-state index contributed by atoms with van der Waals surface area (Å²) in [5.41, 5.74) is 6.40. The van der Waals surface area contributed by atoms with Gasteiger partial charge in [-0.1, -0.05) is 23.7 Å². The lowest BCUT2D eigenvalue weighted by Gasteiger charge is -2.41. The lowest BCUT2D eigenvalue weighted by atomic mass is 9.86. The molecular weight excluding hydrogens is 530 g/mol. The van der Waals surface area contributed by atoms with Crippen molar-refractivity contribution in [3.05, 3.63) is 82.6 Å². The smallest absolute Gasteiger partial charge is 0.221 e. The van der Waals surface area contributed by atoms with Crippen molar-refractivity contribution in [1.29, 1.82) is 0 Å². The molecule has 2 aliphatic heterocycles. The fourth-order valence-corrected chi connectivity index (χ4v) is 6.11. The SMILES string of the molecule is COc1ccc(N2C(=S)N[C@H](c3ccccn3)[C@H]2c2cc3c(cc2Cl)N(C)C(C)(C)C=C3C)cc1NC(C)=O. The van der Waals surface area contributed by atoms with Crippen LogP contribution < -0.4 is 25.2 Å². The van der Waals surface area contributed by atoms with Gasteiger partial charge in [0.1, 0.15) is 5.75 Å². The zero-order chi connectivity index (χ0) is 28.1. The Morgan fingerprint density at radius 3 is 2.64 bits per heavy atom. The van der Waals surface area contributed by atoms with E-state index in [1.165, 1.54) is 12.5 Å². The highest BCUT2D eigenvalue weighted by Gasteiger charge is 2.43. The number of nitrogens with one attached hydrogen (secondary N) is 2. The molecule has 9 heteroatoms. The second-order valence-electron chi connectivity index (χ2n) is 10.5. The Hall–Kier alpha value is -3.62. The van der Waals surface area contributed by atoms with E-state index in [2.05, 4.69) is 66.5 Å². The van der Waals surface area contributed by atoms with Gasteiger partial charge >= 0.3 is 0 Å². The Morgan fingerprint density at radius 1 is 1.21 bits per heavy atom. The van der Waals surface area contributed by atoms with E-state index in [0.29, 0.717) is 21.6 Å². The summed E-state index contributed by atoms with van der Waals surface area (Å²) in [4.78, 5) is 20.9. The third-order valence-electron chi connectivity index (χ3n) is 7.52. The first-order valence-electron chi connectivity index (χ1n) is 12.7. The number of benzene rings is 2. The van der Waals surface area contributed by atoms with Gasteiger partial charge in [-0.15, -0.1) is 0 Å². The van der Waals surface area contributed by atoms with Crippen LogP contribution in [-0.4, -0.2) is 35.7 Å². The maximum absolute atomic E-state index is 11.9. The van der Waals surface area contributed by atoms with Crippen LogP contribution in [0.1, 0.15) is 56.6 Å². The number of methoxy groups -OCH3 is 1. The normalized spacial score (nSPS) is 19.8. The average Bonchev–Trinajstić information content (AvgIpc) is 3.23. The number of ether oxygens (including phenoxy) is 1. The number of hydrogen-bond donors (Lipinski definition) is 2. The molecule has 2 aliphatic rings. The van der Waals surface area contributed by atoms with Gasteiger partial charge in [0.15, 0.2) is 5.11 Å². The van der Waals surface area contributed by atoms with E-state index in [0.717, 1.165) is 28.2 Å². The van der Waals surface area contributed by atoms with E-state index in [9.17, 15) is 4.79 Å². The molecule has 0 aliphatic carbocycles. The molecule has 1 fully saturated rings. The molecule has 1 aromatic heterocycles. The lowest BCUT2D eigenvalue weighted by Crippen LogP contribution is -2.42. The summed E-state index contributed by atoms with van der Waals surface area (Å²) in [6, 6.07) is 15.1. The van der Waals surface area contributed by atoms with Gasteiger partial charge in [0, 0.05) is 42.1 Å². The number of thiocarbonyl (C=S) groups is 1. The highest BCUT2D eigenvalue weighted by molar-refractivity contribution is 7.80. The second kappa shape index (κ2) is 10.2. The molecule has 0 bridgehead atoms. The number of carbonyl (C=O) groups is 1. The molecule has 202 valence electrons. The number of carbonyl (C=O) groups excluding carboxylic acids is 1. The molecule has 1 amide bonds. The molecule has 7 nitrogen and oxygen atoms in total. The molecule has 39 heavy (non-hydrogen) atoms. The number of likely N-dealkylation sites (N-methyl/N-ethyl adjacent to an activating group) is 1. The number of aromatic nitrogens is 1. The van der Waals surface area contributed by atoms with Crippen LogP contribution in [0, 0.1) is 0 Å². The van der Waals surface area contributed by atoms with Crippen LogP contribution in [0.2, 0.25) is 5.02 Å². The van der Waals surface area contributed by atoms with Crippen molar-refractivity contribution in [2.24, 2.45) is 0 Å². The van der Waals surface area contributed by atoms with E-state index >= 15 is 0 Å². The van der Waals surface area contributed by atoms with Crippen LogP contribution in [-0.2, 0) is 4.79 Å². The number of nitrogens with zero attached hydrogens (tertiary/aromatic N) is 3. The van der Waals surface area contributed by atoms with E-state index in [4.69, 9.17) is 28.6 Å². The maximum Gasteiger partial charge on any atom is 0.221 e. The van der Waals surface area contributed by atoms with Gasteiger partial charge in [0.2, 0.25) is 5.91 Å². The topological polar surface area (TPSA) is 69.7 Å². The van der Waals surface area contributed by atoms with Gasteiger partial charge in [-0.2, -0.15) is 0 Å². The van der Waals surface area contributed by atoms with Crippen LogP contribution in [0.3, 0.4) is 0 Å². The third kappa shape index (κ3) is 4.83. The van der Waals surface area contributed by atoms with Gasteiger partial charge in [0.25, 0.3) is 0 Å². The number of fused-ring (bicyclic) bond motifs is 1. The van der Waals surface area contributed by atoms with E-state index in [1.807, 2.05) is 41.3 Å². The molecule has 3 aromatic rings. The Balaban J connectivity index is 1.70. The Bertz CT molecular complexity index is 1490. The largest absolute Gasteiger partial charge is 0.495 e. The predicted octanol–water partition coefficient (Wildman–Crippen LogP) is 6.51. The van der Waals surface area contributed by atoms with Crippen molar-refractivity contribution < 1.29 is 9.53 Å². The highest BCUT2D eigenvalue weighted by atomic mass is 35.5. The number of allylic oxidation sites excluding steroid dienone is 1. The molecule has 1 saturated heterocycles. The van der Waals surface area contributed by atoms with Crippen molar-refractivity contribution >= 4 is 57.5 Å². The highest BCUT2D eigenvalue weighted by Crippen LogP contribution is 2.48. The Morgan fingerprint density at radius 2 is 1.97 bits per heavy atom. The minimum Gasteiger partial charge on any atom is -0.495 e. The summed E-state index contributed by atoms with van der Waals surface area (Å²) in [7, 11) is 3.66. The van der Waals surface area contributed by atoms with E-state index in [1.54, 1.807) is 13.3 Å². The van der Waals surface area contributed by atoms with Crippen molar-refractivity contribution in [3.63, 3.8) is 0 Å². The Kier molecular flexibility index (Phi) is 7.03. The van der Waals surface area contributed by atoms with Gasteiger partial charge in [0.05, 0.1) is 36.1 Å². The summed E-state index contributed by atoms with van der Waals surface area (Å²) in [5.74, 6) is 0.366. The fourth-order valence-electron chi connectivity index (χ4n) is 5.50. The predicted molar refractivity (Wildman–Crippen MR) is 163 cm³/mol. The summed E-state index contributed by atoms with van der Waals surface area (Å²) in [6.07, 6.45) is 4.06. The number of hydrogen-bond acceptors (Lipinski definition) is 5. The van der Waals surface area contributed by atoms with E-state index in [-0.39, 0.29) is 23.5 Å². The first-order valence-corrected chi connectivity index (χ1v) is 13.5. The molecule has 3 heterocycles. The molecule has 2 aromatic carbocycles. The minimum absolute atomic E-state index is 0.135. The van der Waals surface area contributed by atoms with Gasteiger partial charge in [-0.25, -0.2) is 0 Å². The first-order chi connectivity index (χ1) is 18.5. The standard InChI is InChI=1S/C30H32ClN5O2S/c1-17-16-30(3,4)35(5)25-15-22(31)21(14-20(17)25)28-27(23-9-7-8-12-32-23)34-29(39)36(28)19-10-11-26(38-6)24(13-19)33-18(2)37/h7-16,27-28H,1-6H3,(H,33,37)(H,34,39)/t27-,28-/m1/s1. The number of rotatable bonds is 5. The summed E-state index contributed by atoms with van der Waals surface area (Å²) < 4.78 is 5.49. The zero-order valence-corrected chi connectivity index (χ0v) is 24.4. The van der Waals surface area contributed by atoms with Crippen molar-refractivity contribution in [3.8, 4) is 5.75 Å². The summed E-state index contributed by atoms with van der Waals surface area (Å²) in [5, 5.41) is 7.53. The monoisotopic (exact) mass is 561 g/mol. The van der Waals surface area contributed by atoms with Crippen LogP contribution in [0.25, 0.3) is 5.57 Å². The van der Waals surface area contributed by atoms with Crippen molar-refractivity contribution in [1.82, 2.24) is 10.3 Å². The zero-order valence-electron chi connectivity index (χ0n) is 22.9. The molecule has 2 atom stereocenters. The van der Waals surface area contributed by atoms with E-state index < -0.39 is 0 Å². The molecule has 0 radical (unpaired) electrons. The maximum atomic E-state index is 11.9. The number of pyridine rings is 1. The van der Waals surface area contributed by atoms with Crippen molar-refractivity contribution in [2.45, 2.75) is 45.3 Å². The van der Waals surface area contributed by atoms with Gasteiger partial charge < -0.3 is 25.2 Å². The van der Waals surface area contributed by atoms with Crippen LogP contribution in [0.5, 0.6) is 5.75 Å². The fraction of sp³-hybridized carbons (Fsp3) is 0.300. The molecule has 0 saturated carbocycles. The summed E-state index contributed by atoms with van der Waals surface area (Å²) in [6.45, 7) is 7.99. The Labute approximate surface area is 239 Å². The van der Waals surface area contributed by atoms with Crippen LogP contribution >= 0.6 is 23.8 Å². The molecule has 0 spiro atoms. The number of halogens is 1. The van der Waals surface area contributed by atoms with Crippen LogP contribution in [0.15, 0.2) is 60.8 Å². The number of anilines is 3. The number of amides is 1. The quantitative estimate of drug-likeness (QED) is 0.344. The first kappa shape index (κ1) is 27.0. The summed E-state index contributed by atoms with van der Waals surface area (Å²) >= 11 is 13.0. The molecule has 0 unspecified atom stereocenters. The molecular formula is C30H32ClN5O2S. The molecule has 2 N–H and O–H groups in total. The van der Waals surface area contributed by atoms with Gasteiger partial charge in [-0.3, -0.25) is 9.78 Å². The minimum atomic E-state index is -0.309. The third-order valence-corrected chi connectivity index (χ3v) is 8.17.